The number of halogens is 1. The van der Waals surface area contributed by atoms with E-state index in [4.69, 9.17) is 26.0 Å². The molecule has 0 radical (unpaired) electrons. The number of aromatic nitrogens is 1. The fourth-order valence-electron chi connectivity index (χ4n) is 3.10. The predicted octanol–water partition coefficient (Wildman–Crippen LogP) is 6.57. The Kier molecular flexibility index (Phi) is 8.41. The van der Waals surface area contributed by atoms with Gasteiger partial charge in [0.25, 0.3) is 0 Å². The van der Waals surface area contributed by atoms with E-state index in [-0.39, 0.29) is 0 Å². The maximum Gasteiger partial charge on any atom is 0.412 e. The van der Waals surface area contributed by atoms with Crippen LogP contribution in [-0.4, -0.2) is 27.6 Å². The van der Waals surface area contributed by atoms with Crippen LogP contribution < -0.4 is 5.32 Å². The maximum atomic E-state index is 12.6. The Morgan fingerprint density at radius 3 is 2.52 bits per heavy atom. The second-order valence-electron chi connectivity index (χ2n) is 7.37. The van der Waals surface area contributed by atoms with Crippen LogP contribution in [0.4, 0.5) is 10.5 Å². The van der Waals surface area contributed by atoms with E-state index >= 15 is 0 Å². The van der Waals surface area contributed by atoms with Crippen molar-refractivity contribution in [3.63, 3.8) is 0 Å². The molecule has 3 rings (SSSR count). The van der Waals surface area contributed by atoms with E-state index in [9.17, 15) is 9.59 Å². The summed E-state index contributed by atoms with van der Waals surface area (Å²) in [4.78, 5) is 23.6. The molecule has 1 heterocycles. The number of carbonyl (C=O) groups is 2. The Bertz CT molecular complexity index is 1120. The first-order chi connectivity index (χ1) is 15.8. The number of anilines is 1. The molecule has 0 saturated heterocycles. The number of carboxylic acids is 1. The Hall–Kier alpha value is -2.97. The molecular weight excluding hydrogens is 464 g/mol. The standard InChI is InChI=1S/C24H25ClN2O5S/c1-4-20-21(26-24(30)31-14(2)18-7-5-6-8-19(18)25)22(32-27-20)17-11-9-16(10-12-17)13-33-15(3)23(28)29/h5-12,14-15H,4,13H2,1-3H3,(H,26,30)(H,28,29). The molecule has 0 fully saturated rings. The third-order valence-corrected chi connectivity index (χ3v) is 6.56. The molecule has 2 atom stereocenters. The minimum atomic E-state index is -0.836. The van der Waals surface area contributed by atoms with Gasteiger partial charge < -0.3 is 14.4 Å². The van der Waals surface area contributed by atoms with Crippen molar-refractivity contribution in [2.45, 2.75) is 44.3 Å². The highest BCUT2D eigenvalue weighted by Gasteiger charge is 2.22. The molecule has 2 unspecified atom stereocenters. The molecule has 1 amide bonds. The number of thioether (sulfide) groups is 1. The number of nitrogens with one attached hydrogen (secondary N) is 1. The van der Waals surface area contributed by atoms with Gasteiger partial charge in [-0.05, 0) is 31.9 Å². The normalized spacial score (nSPS) is 12.7. The molecule has 174 valence electrons. The molecule has 9 heteroatoms. The number of aliphatic carboxylic acids is 1. The van der Waals surface area contributed by atoms with Crippen LogP contribution in [0.5, 0.6) is 0 Å². The van der Waals surface area contributed by atoms with Crippen molar-refractivity contribution in [2.75, 3.05) is 5.32 Å². The van der Waals surface area contributed by atoms with Gasteiger partial charge in [0.1, 0.15) is 17.5 Å². The highest BCUT2D eigenvalue weighted by atomic mass is 35.5. The lowest BCUT2D eigenvalue weighted by atomic mass is 10.1. The average molecular weight is 489 g/mol. The van der Waals surface area contributed by atoms with Gasteiger partial charge >= 0.3 is 12.1 Å². The predicted molar refractivity (Wildman–Crippen MR) is 130 cm³/mol. The third kappa shape index (κ3) is 6.30. The lowest BCUT2D eigenvalue weighted by molar-refractivity contribution is -0.136. The Morgan fingerprint density at radius 1 is 1.18 bits per heavy atom. The Labute approximate surface area is 201 Å². The van der Waals surface area contributed by atoms with Crippen molar-refractivity contribution >= 4 is 41.1 Å². The Morgan fingerprint density at radius 2 is 1.88 bits per heavy atom. The number of benzene rings is 2. The van der Waals surface area contributed by atoms with Crippen LogP contribution in [0.2, 0.25) is 5.02 Å². The Balaban J connectivity index is 1.73. The fraction of sp³-hybridized carbons (Fsp3) is 0.292. The lowest BCUT2D eigenvalue weighted by Gasteiger charge is -2.15. The lowest BCUT2D eigenvalue weighted by Crippen LogP contribution is -2.17. The van der Waals surface area contributed by atoms with Crippen molar-refractivity contribution < 1.29 is 24.0 Å². The molecule has 0 bridgehead atoms. The zero-order valence-corrected chi connectivity index (χ0v) is 20.1. The van der Waals surface area contributed by atoms with E-state index in [1.54, 1.807) is 26.0 Å². The van der Waals surface area contributed by atoms with Gasteiger partial charge in [-0.25, -0.2) is 4.79 Å². The monoisotopic (exact) mass is 488 g/mol. The molecule has 3 aromatic rings. The number of aryl methyl sites for hydroxylation is 1. The van der Waals surface area contributed by atoms with Crippen LogP contribution in [0.1, 0.15) is 43.7 Å². The topological polar surface area (TPSA) is 102 Å². The van der Waals surface area contributed by atoms with Crippen LogP contribution in [-0.2, 0) is 21.7 Å². The van der Waals surface area contributed by atoms with Gasteiger partial charge in [-0.3, -0.25) is 10.1 Å². The first-order valence-electron chi connectivity index (χ1n) is 10.4. The van der Waals surface area contributed by atoms with E-state index in [1.807, 2.05) is 43.3 Å². The number of amides is 1. The van der Waals surface area contributed by atoms with Crippen molar-refractivity contribution in [1.29, 1.82) is 0 Å². The van der Waals surface area contributed by atoms with Gasteiger partial charge in [0.2, 0.25) is 0 Å². The van der Waals surface area contributed by atoms with Crippen LogP contribution in [0, 0.1) is 0 Å². The summed E-state index contributed by atoms with van der Waals surface area (Å²) in [5.41, 5.74) is 3.48. The van der Waals surface area contributed by atoms with Gasteiger partial charge in [-0.15, -0.1) is 11.8 Å². The minimum absolute atomic E-state index is 0.423. The van der Waals surface area contributed by atoms with Gasteiger partial charge in [-0.2, -0.15) is 0 Å². The number of nitrogens with zero attached hydrogens (tertiary/aromatic N) is 1. The van der Waals surface area contributed by atoms with Gasteiger partial charge in [0, 0.05) is 21.9 Å². The number of hydrogen-bond acceptors (Lipinski definition) is 6. The third-order valence-electron chi connectivity index (χ3n) is 5.02. The zero-order chi connectivity index (χ0) is 24.0. The zero-order valence-electron chi connectivity index (χ0n) is 18.5. The van der Waals surface area contributed by atoms with E-state index in [0.29, 0.717) is 39.9 Å². The smallest absolute Gasteiger partial charge is 0.412 e. The van der Waals surface area contributed by atoms with E-state index in [2.05, 4.69) is 10.5 Å². The average Bonchev–Trinajstić information content (AvgIpc) is 3.20. The summed E-state index contributed by atoms with van der Waals surface area (Å²) in [5, 5.41) is 15.9. The van der Waals surface area contributed by atoms with Gasteiger partial charge in [0.15, 0.2) is 5.76 Å². The molecular formula is C24H25ClN2O5S. The molecule has 33 heavy (non-hydrogen) atoms. The molecule has 0 aliphatic carbocycles. The fourth-order valence-corrected chi connectivity index (χ4v) is 4.16. The summed E-state index contributed by atoms with van der Waals surface area (Å²) in [5.74, 6) is 0.158. The van der Waals surface area contributed by atoms with E-state index in [1.165, 1.54) is 11.8 Å². The molecule has 0 saturated carbocycles. The molecule has 2 N–H and O–H groups in total. The van der Waals surface area contributed by atoms with Crippen LogP contribution in [0.25, 0.3) is 11.3 Å². The highest BCUT2D eigenvalue weighted by Crippen LogP contribution is 2.33. The molecule has 0 spiro atoms. The second-order valence-corrected chi connectivity index (χ2v) is 9.11. The molecule has 7 nitrogen and oxygen atoms in total. The minimum Gasteiger partial charge on any atom is -0.480 e. The first kappa shape index (κ1) is 24.7. The SMILES string of the molecule is CCc1noc(-c2ccc(CSC(C)C(=O)O)cc2)c1NC(=O)OC(C)c1ccccc1Cl. The number of hydrogen-bond donors (Lipinski definition) is 2. The number of carbonyl (C=O) groups excluding carboxylic acids is 1. The van der Waals surface area contributed by atoms with E-state index < -0.39 is 23.4 Å². The second kappa shape index (κ2) is 11.2. The number of rotatable bonds is 9. The van der Waals surface area contributed by atoms with Crippen LogP contribution in [0.15, 0.2) is 53.1 Å². The molecule has 1 aromatic heterocycles. The summed E-state index contributed by atoms with van der Waals surface area (Å²) in [7, 11) is 0. The van der Waals surface area contributed by atoms with Crippen molar-refractivity contribution in [2.24, 2.45) is 0 Å². The molecule has 0 aliphatic heterocycles. The number of ether oxygens (including phenoxy) is 1. The summed E-state index contributed by atoms with van der Waals surface area (Å²) in [6, 6.07) is 14.7. The maximum absolute atomic E-state index is 12.6. The van der Waals surface area contributed by atoms with E-state index in [0.717, 1.165) is 11.1 Å². The van der Waals surface area contributed by atoms with Gasteiger partial charge in [0.05, 0.1) is 5.25 Å². The van der Waals surface area contributed by atoms with Crippen molar-refractivity contribution in [3.8, 4) is 11.3 Å². The molecule has 0 aliphatic rings. The summed E-state index contributed by atoms with van der Waals surface area (Å²) in [6.07, 6.45) is -0.629. The quantitative estimate of drug-likeness (QED) is 0.351. The summed E-state index contributed by atoms with van der Waals surface area (Å²) >= 11 is 7.54. The summed E-state index contributed by atoms with van der Waals surface area (Å²) < 4.78 is 11.0. The largest absolute Gasteiger partial charge is 0.480 e. The van der Waals surface area contributed by atoms with Crippen LogP contribution in [0.3, 0.4) is 0 Å². The van der Waals surface area contributed by atoms with Crippen molar-refractivity contribution in [3.05, 3.63) is 70.4 Å². The highest BCUT2D eigenvalue weighted by molar-refractivity contribution is 7.99. The van der Waals surface area contributed by atoms with Crippen LogP contribution >= 0.6 is 23.4 Å². The van der Waals surface area contributed by atoms with Gasteiger partial charge in [-0.1, -0.05) is 66.1 Å². The van der Waals surface area contributed by atoms with Crippen molar-refractivity contribution in [1.82, 2.24) is 5.16 Å². The summed E-state index contributed by atoms with van der Waals surface area (Å²) in [6.45, 7) is 5.32. The number of carboxylic acid groups (broad SMARTS) is 1. The molecule has 2 aromatic carbocycles. The first-order valence-corrected chi connectivity index (χ1v) is 11.9.